The van der Waals surface area contributed by atoms with E-state index >= 15 is 0 Å². The van der Waals surface area contributed by atoms with Crippen molar-refractivity contribution < 1.29 is 19.8 Å². The summed E-state index contributed by atoms with van der Waals surface area (Å²) < 4.78 is 0. The fraction of sp³-hybridized carbons (Fsp3) is 0.800. The highest BCUT2D eigenvalue weighted by molar-refractivity contribution is 5.88. The minimum atomic E-state index is -1.03. The monoisotopic (exact) mass is 213 g/mol. The average molecular weight is 213 g/mol. The average Bonchev–Trinajstić information content (AvgIpc) is 2.72. The number of likely N-dealkylation sites (tertiary alicyclic amines) is 1. The molecule has 0 aromatic carbocycles. The maximum Gasteiger partial charge on any atom is 0.329 e. The molecule has 1 amide bonds. The quantitative estimate of drug-likeness (QED) is 0.675. The molecule has 1 aliphatic heterocycles. The molecule has 1 heterocycles. The largest absolute Gasteiger partial charge is 0.479 e. The molecule has 0 spiro atoms. The Kier molecular flexibility index (Phi) is 2.42. The second kappa shape index (κ2) is 3.48. The molecule has 0 radical (unpaired) electrons. The van der Waals surface area contributed by atoms with E-state index in [9.17, 15) is 19.8 Å². The van der Waals surface area contributed by atoms with Gasteiger partial charge in [-0.25, -0.2) is 4.79 Å². The van der Waals surface area contributed by atoms with Gasteiger partial charge in [0, 0.05) is 6.54 Å². The highest BCUT2D eigenvalue weighted by atomic mass is 16.4. The van der Waals surface area contributed by atoms with E-state index in [1.54, 1.807) is 0 Å². The maximum absolute atomic E-state index is 11.6. The van der Waals surface area contributed by atoms with Gasteiger partial charge in [0.05, 0.1) is 12.5 Å². The minimum absolute atomic E-state index is 0.0645. The summed E-state index contributed by atoms with van der Waals surface area (Å²) in [6.07, 6.45) is 2.07. The summed E-state index contributed by atoms with van der Waals surface area (Å²) in [4.78, 5) is 24.2. The first-order chi connectivity index (χ1) is 7.06. The zero-order chi connectivity index (χ0) is 11.1. The number of hydrogen-bond donors (Lipinski definition) is 2. The fourth-order valence-corrected chi connectivity index (χ4v) is 2.66. The topological polar surface area (TPSA) is 77.8 Å². The van der Waals surface area contributed by atoms with Gasteiger partial charge in [-0.3, -0.25) is 4.79 Å². The van der Waals surface area contributed by atoms with Gasteiger partial charge < -0.3 is 15.1 Å². The van der Waals surface area contributed by atoms with Crippen LogP contribution in [0.1, 0.15) is 32.1 Å². The molecule has 1 saturated heterocycles. The van der Waals surface area contributed by atoms with Crippen molar-refractivity contribution in [2.75, 3.05) is 6.54 Å². The number of amides is 1. The zero-order valence-corrected chi connectivity index (χ0v) is 8.48. The molecule has 2 rings (SSSR count). The predicted molar refractivity (Wildman–Crippen MR) is 51.2 cm³/mol. The molecule has 2 fully saturated rings. The number of carboxylic acid groups (broad SMARTS) is 1. The summed E-state index contributed by atoms with van der Waals surface area (Å²) >= 11 is 0. The van der Waals surface area contributed by atoms with Gasteiger partial charge in [0.1, 0.15) is 5.54 Å². The normalized spacial score (nSPS) is 29.8. The van der Waals surface area contributed by atoms with Crippen LogP contribution in [0.2, 0.25) is 0 Å². The Morgan fingerprint density at radius 2 is 2.00 bits per heavy atom. The zero-order valence-electron chi connectivity index (χ0n) is 8.48. The molecular formula is C10H15NO4. The third-order valence-electron chi connectivity index (χ3n) is 3.45. The Bertz CT molecular complexity index is 296. The van der Waals surface area contributed by atoms with Crippen LogP contribution in [0.25, 0.3) is 0 Å². The second-order valence-corrected chi connectivity index (χ2v) is 4.41. The lowest BCUT2D eigenvalue weighted by molar-refractivity contribution is -0.156. The van der Waals surface area contributed by atoms with Crippen LogP contribution in [0.5, 0.6) is 0 Å². The predicted octanol–water partition coefficient (Wildman–Crippen LogP) is -0.0230. The van der Waals surface area contributed by atoms with Gasteiger partial charge in [0.15, 0.2) is 0 Å². The Hall–Kier alpha value is -1.10. The van der Waals surface area contributed by atoms with E-state index in [-0.39, 0.29) is 18.9 Å². The molecule has 0 bridgehead atoms. The van der Waals surface area contributed by atoms with Gasteiger partial charge in [-0.1, -0.05) is 12.8 Å². The van der Waals surface area contributed by atoms with Crippen LogP contribution in [0, 0.1) is 0 Å². The van der Waals surface area contributed by atoms with Gasteiger partial charge in [0.25, 0.3) is 0 Å². The van der Waals surface area contributed by atoms with E-state index < -0.39 is 17.6 Å². The van der Waals surface area contributed by atoms with Crippen LogP contribution in [0.4, 0.5) is 0 Å². The third kappa shape index (κ3) is 1.51. The fourth-order valence-electron chi connectivity index (χ4n) is 2.66. The Labute approximate surface area is 87.7 Å². The minimum Gasteiger partial charge on any atom is -0.479 e. The van der Waals surface area contributed by atoms with E-state index in [4.69, 9.17) is 0 Å². The number of carboxylic acids is 1. The summed E-state index contributed by atoms with van der Waals surface area (Å²) in [5, 5.41) is 18.6. The standard InChI is InChI=1S/C10H15NO4/c12-7-5-8(13)11(6-7)10(9(14)15)3-1-2-4-10/h7,12H,1-6H2,(H,14,15). The number of rotatable bonds is 2. The molecule has 0 aromatic rings. The highest BCUT2D eigenvalue weighted by Gasteiger charge is 2.51. The second-order valence-electron chi connectivity index (χ2n) is 4.41. The van der Waals surface area contributed by atoms with Gasteiger partial charge in [-0.2, -0.15) is 0 Å². The summed E-state index contributed by atoms with van der Waals surface area (Å²) in [5.41, 5.74) is -1.03. The Morgan fingerprint density at radius 1 is 1.40 bits per heavy atom. The van der Waals surface area contributed by atoms with Crippen LogP contribution >= 0.6 is 0 Å². The number of hydrogen-bond acceptors (Lipinski definition) is 3. The van der Waals surface area contributed by atoms with Crippen LogP contribution in [-0.2, 0) is 9.59 Å². The third-order valence-corrected chi connectivity index (χ3v) is 3.45. The lowest BCUT2D eigenvalue weighted by Crippen LogP contribution is -2.53. The Morgan fingerprint density at radius 3 is 2.40 bits per heavy atom. The van der Waals surface area contributed by atoms with Crippen molar-refractivity contribution in [2.45, 2.75) is 43.7 Å². The molecule has 1 unspecified atom stereocenters. The molecule has 84 valence electrons. The number of aliphatic hydroxyl groups excluding tert-OH is 1. The number of aliphatic carboxylic acids is 1. The number of carbonyl (C=O) groups is 2. The van der Waals surface area contributed by atoms with E-state index in [1.807, 2.05) is 0 Å². The Balaban J connectivity index is 2.26. The lowest BCUT2D eigenvalue weighted by Gasteiger charge is -2.34. The number of aliphatic hydroxyl groups is 1. The number of carbonyl (C=O) groups excluding carboxylic acids is 1. The van der Waals surface area contributed by atoms with E-state index in [0.717, 1.165) is 12.8 Å². The van der Waals surface area contributed by atoms with Gasteiger partial charge in [-0.05, 0) is 12.8 Å². The smallest absolute Gasteiger partial charge is 0.329 e. The molecule has 1 atom stereocenters. The first-order valence-electron chi connectivity index (χ1n) is 5.28. The first kappa shape index (κ1) is 10.4. The van der Waals surface area contributed by atoms with E-state index in [2.05, 4.69) is 0 Å². The molecule has 0 aromatic heterocycles. The van der Waals surface area contributed by atoms with Crippen molar-refractivity contribution in [1.29, 1.82) is 0 Å². The molecular weight excluding hydrogens is 198 g/mol. The summed E-state index contributed by atoms with van der Waals surface area (Å²) in [7, 11) is 0. The molecule has 5 heteroatoms. The van der Waals surface area contributed by atoms with Crippen molar-refractivity contribution in [1.82, 2.24) is 4.90 Å². The van der Waals surface area contributed by atoms with Crippen LogP contribution in [-0.4, -0.2) is 45.2 Å². The van der Waals surface area contributed by atoms with Crippen LogP contribution in [0.3, 0.4) is 0 Å². The van der Waals surface area contributed by atoms with Gasteiger partial charge >= 0.3 is 5.97 Å². The van der Waals surface area contributed by atoms with E-state index in [1.165, 1.54) is 4.90 Å². The number of β-amino-alcohol motifs (C(OH)–C–C–N with tert-alkyl or cyclic N) is 1. The molecule has 2 aliphatic rings. The number of nitrogens with zero attached hydrogens (tertiary/aromatic N) is 1. The molecule has 5 nitrogen and oxygen atoms in total. The molecule has 1 saturated carbocycles. The first-order valence-corrected chi connectivity index (χ1v) is 5.28. The highest BCUT2D eigenvalue weighted by Crippen LogP contribution is 2.38. The van der Waals surface area contributed by atoms with Crippen molar-refractivity contribution in [2.24, 2.45) is 0 Å². The summed E-state index contributed by atoms with van der Waals surface area (Å²) in [6, 6.07) is 0. The van der Waals surface area contributed by atoms with Gasteiger partial charge in [-0.15, -0.1) is 0 Å². The van der Waals surface area contributed by atoms with Crippen molar-refractivity contribution in [3.05, 3.63) is 0 Å². The molecule has 15 heavy (non-hydrogen) atoms. The van der Waals surface area contributed by atoms with Crippen molar-refractivity contribution in [3.8, 4) is 0 Å². The lowest BCUT2D eigenvalue weighted by atomic mass is 9.95. The SMILES string of the molecule is O=C1CC(O)CN1C1(C(=O)O)CCCC1. The van der Waals surface area contributed by atoms with E-state index in [0.29, 0.717) is 12.8 Å². The molecule has 1 aliphatic carbocycles. The van der Waals surface area contributed by atoms with Crippen molar-refractivity contribution in [3.63, 3.8) is 0 Å². The molecule has 2 N–H and O–H groups in total. The van der Waals surface area contributed by atoms with Crippen LogP contribution in [0.15, 0.2) is 0 Å². The van der Waals surface area contributed by atoms with Gasteiger partial charge in [0.2, 0.25) is 5.91 Å². The maximum atomic E-state index is 11.6. The van der Waals surface area contributed by atoms with Crippen LogP contribution < -0.4 is 0 Å². The summed E-state index contributed by atoms with van der Waals surface area (Å²) in [6.45, 7) is 0.172. The summed E-state index contributed by atoms with van der Waals surface area (Å²) in [5.74, 6) is -1.16. The van der Waals surface area contributed by atoms with Crippen molar-refractivity contribution >= 4 is 11.9 Å².